The predicted octanol–water partition coefficient (Wildman–Crippen LogP) is 2.40. The van der Waals surface area contributed by atoms with E-state index in [4.69, 9.17) is 15.2 Å². The molecule has 0 amide bonds. The minimum absolute atomic E-state index is 0.620. The van der Waals surface area contributed by atoms with E-state index in [1.165, 1.54) is 19.3 Å². The number of aliphatic imine (C=N–C) groups is 1. The molecule has 1 saturated heterocycles. The highest BCUT2D eigenvalue weighted by Gasteiger charge is 2.11. The number of likely N-dealkylation sites (tertiary alicyclic amines) is 1. The summed E-state index contributed by atoms with van der Waals surface area (Å²) in [6.45, 7) is 4.13. The lowest BCUT2D eigenvalue weighted by molar-refractivity contribution is 0.120. The van der Waals surface area contributed by atoms with E-state index in [0.29, 0.717) is 19.2 Å². The first-order chi connectivity index (χ1) is 10.8. The molecule has 122 valence electrons. The van der Waals surface area contributed by atoms with Gasteiger partial charge >= 0.3 is 0 Å². The van der Waals surface area contributed by atoms with Crippen molar-refractivity contribution in [3.63, 3.8) is 0 Å². The molecule has 1 aromatic carbocycles. The number of rotatable bonds is 7. The highest BCUT2D eigenvalue weighted by atomic mass is 16.5. The maximum atomic E-state index is 6.00. The van der Waals surface area contributed by atoms with Crippen molar-refractivity contribution < 1.29 is 9.47 Å². The molecular weight excluding hydrogens is 278 g/mol. The van der Waals surface area contributed by atoms with E-state index < -0.39 is 0 Å². The number of benzene rings is 1. The Morgan fingerprint density at radius 1 is 1.18 bits per heavy atom. The van der Waals surface area contributed by atoms with Gasteiger partial charge < -0.3 is 20.1 Å². The largest absolute Gasteiger partial charge is 0.497 e. The molecule has 0 atom stereocenters. The summed E-state index contributed by atoms with van der Waals surface area (Å²) in [5.41, 5.74) is 7.15. The van der Waals surface area contributed by atoms with Crippen LogP contribution in [0.15, 0.2) is 29.3 Å². The van der Waals surface area contributed by atoms with Gasteiger partial charge in [0.1, 0.15) is 5.75 Å². The van der Waals surface area contributed by atoms with Crippen LogP contribution in [-0.4, -0.2) is 44.2 Å². The van der Waals surface area contributed by atoms with Crippen molar-refractivity contribution in [2.24, 2.45) is 10.7 Å². The van der Waals surface area contributed by atoms with E-state index in [0.717, 1.165) is 37.4 Å². The Bertz CT molecular complexity index is 453. The fraction of sp³-hybridized carbons (Fsp3) is 0.588. The molecular formula is C17H27N3O2. The highest BCUT2D eigenvalue weighted by Crippen LogP contribution is 2.12. The first-order valence-corrected chi connectivity index (χ1v) is 8.05. The van der Waals surface area contributed by atoms with E-state index in [1.807, 2.05) is 24.3 Å². The van der Waals surface area contributed by atoms with E-state index in [1.54, 1.807) is 7.11 Å². The molecule has 1 aromatic rings. The van der Waals surface area contributed by atoms with Crippen molar-refractivity contribution in [1.82, 2.24) is 4.90 Å². The molecule has 0 aliphatic carbocycles. The lowest BCUT2D eigenvalue weighted by Crippen LogP contribution is -2.40. The van der Waals surface area contributed by atoms with Crippen molar-refractivity contribution >= 4 is 5.96 Å². The molecule has 0 unspecified atom stereocenters. The molecule has 22 heavy (non-hydrogen) atoms. The molecule has 5 nitrogen and oxygen atoms in total. The van der Waals surface area contributed by atoms with Gasteiger partial charge in [0.15, 0.2) is 5.96 Å². The summed E-state index contributed by atoms with van der Waals surface area (Å²) in [5.74, 6) is 1.56. The van der Waals surface area contributed by atoms with Crippen LogP contribution in [0.4, 0.5) is 0 Å². The second-order valence-electron chi connectivity index (χ2n) is 5.54. The van der Waals surface area contributed by atoms with Gasteiger partial charge in [-0.1, -0.05) is 12.1 Å². The third-order valence-electron chi connectivity index (χ3n) is 3.83. The van der Waals surface area contributed by atoms with Crippen LogP contribution in [0, 0.1) is 0 Å². The number of guanidine groups is 1. The lowest BCUT2D eigenvalue weighted by atomic mass is 10.1. The van der Waals surface area contributed by atoms with Crippen LogP contribution < -0.4 is 10.5 Å². The van der Waals surface area contributed by atoms with E-state index in [-0.39, 0.29) is 0 Å². The van der Waals surface area contributed by atoms with Crippen LogP contribution in [0.1, 0.15) is 31.2 Å². The summed E-state index contributed by atoms with van der Waals surface area (Å²) < 4.78 is 10.8. The standard InChI is InChI=1S/C17H27N3O2/c1-21-16-8-6-15(7-9-16)14-22-13-5-10-19-17(18)20-11-3-2-4-12-20/h6-9H,2-5,10-14H2,1H3,(H2,18,19). The zero-order valence-corrected chi connectivity index (χ0v) is 13.5. The normalized spacial score (nSPS) is 15.9. The van der Waals surface area contributed by atoms with Crippen molar-refractivity contribution in [2.75, 3.05) is 33.4 Å². The monoisotopic (exact) mass is 305 g/mol. The second kappa shape index (κ2) is 9.30. The number of hydrogen-bond acceptors (Lipinski definition) is 3. The summed E-state index contributed by atoms with van der Waals surface area (Å²) in [6, 6.07) is 7.93. The number of methoxy groups -OCH3 is 1. The summed E-state index contributed by atoms with van der Waals surface area (Å²) in [6.07, 6.45) is 4.65. The summed E-state index contributed by atoms with van der Waals surface area (Å²) >= 11 is 0. The van der Waals surface area contributed by atoms with Crippen LogP contribution in [-0.2, 0) is 11.3 Å². The molecule has 0 radical (unpaired) electrons. The van der Waals surface area contributed by atoms with Gasteiger partial charge in [0.25, 0.3) is 0 Å². The van der Waals surface area contributed by atoms with Crippen molar-refractivity contribution in [3.8, 4) is 5.75 Å². The van der Waals surface area contributed by atoms with Crippen LogP contribution >= 0.6 is 0 Å². The fourth-order valence-electron chi connectivity index (χ4n) is 2.50. The molecule has 1 heterocycles. The fourth-order valence-corrected chi connectivity index (χ4v) is 2.50. The Morgan fingerprint density at radius 2 is 1.91 bits per heavy atom. The van der Waals surface area contributed by atoms with Crippen LogP contribution in [0.3, 0.4) is 0 Å². The molecule has 0 spiro atoms. The van der Waals surface area contributed by atoms with Crippen LogP contribution in [0.2, 0.25) is 0 Å². The Labute approximate surface area is 133 Å². The molecule has 2 N–H and O–H groups in total. The molecule has 1 fully saturated rings. The summed E-state index contributed by atoms with van der Waals surface area (Å²) in [4.78, 5) is 6.62. The Balaban J connectivity index is 1.58. The molecule has 0 bridgehead atoms. The van der Waals surface area contributed by atoms with Crippen LogP contribution in [0.25, 0.3) is 0 Å². The molecule has 0 saturated carbocycles. The SMILES string of the molecule is COc1ccc(COCCCN=C(N)N2CCCCC2)cc1. The molecule has 1 aliphatic heterocycles. The van der Waals surface area contributed by atoms with Gasteiger partial charge in [-0.2, -0.15) is 0 Å². The lowest BCUT2D eigenvalue weighted by Gasteiger charge is -2.27. The number of ether oxygens (including phenoxy) is 2. The summed E-state index contributed by atoms with van der Waals surface area (Å²) in [5, 5.41) is 0. The third kappa shape index (κ3) is 5.56. The van der Waals surface area contributed by atoms with Crippen molar-refractivity contribution in [3.05, 3.63) is 29.8 Å². The van der Waals surface area contributed by atoms with Gasteiger partial charge in [0.2, 0.25) is 0 Å². The average molecular weight is 305 g/mol. The van der Waals surface area contributed by atoms with Gasteiger partial charge in [-0.25, -0.2) is 0 Å². The Kier molecular flexibility index (Phi) is 7.03. The van der Waals surface area contributed by atoms with E-state index >= 15 is 0 Å². The second-order valence-corrected chi connectivity index (χ2v) is 5.54. The van der Waals surface area contributed by atoms with Gasteiger partial charge in [0.05, 0.1) is 13.7 Å². The molecule has 1 aliphatic rings. The van der Waals surface area contributed by atoms with Crippen LogP contribution in [0.5, 0.6) is 5.75 Å². The molecule has 2 rings (SSSR count). The molecule has 5 heteroatoms. The van der Waals surface area contributed by atoms with Gasteiger partial charge in [-0.05, 0) is 43.4 Å². The highest BCUT2D eigenvalue weighted by molar-refractivity contribution is 5.78. The van der Waals surface area contributed by atoms with Gasteiger partial charge in [-0.15, -0.1) is 0 Å². The average Bonchev–Trinajstić information content (AvgIpc) is 2.59. The predicted molar refractivity (Wildman–Crippen MR) is 89.2 cm³/mol. The first kappa shape index (κ1) is 16.6. The van der Waals surface area contributed by atoms with E-state index in [9.17, 15) is 0 Å². The van der Waals surface area contributed by atoms with E-state index in [2.05, 4.69) is 9.89 Å². The smallest absolute Gasteiger partial charge is 0.191 e. The minimum atomic E-state index is 0.620. The van der Waals surface area contributed by atoms with Crippen molar-refractivity contribution in [2.45, 2.75) is 32.3 Å². The third-order valence-corrected chi connectivity index (χ3v) is 3.83. The maximum Gasteiger partial charge on any atom is 0.191 e. The number of hydrogen-bond donors (Lipinski definition) is 1. The quantitative estimate of drug-likeness (QED) is 0.477. The Morgan fingerprint density at radius 3 is 2.59 bits per heavy atom. The minimum Gasteiger partial charge on any atom is -0.497 e. The summed E-state index contributed by atoms with van der Waals surface area (Å²) in [7, 11) is 1.67. The molecule has 0 aromatic heterocycles. The number of nitrogens with two attached hydrogens (primary N) is 1. The zero-order chi connectivity index (χ0) is 15.6. The topological polar surface area (TPSA) is 60.1 Å². The number of nitrogens with zero attached hydrogens (tertiary/aromatic N) is 2. The maximum absolute atomic E-state index is 6.00. The first-order valence-electron chi connectivity index (χ1n) is 8.05. The van der Waals surface area contributed by atoms with Gasteiger partial charge in [-0.3, -0.25) is 4.99 Å². The van der Waals surface area contributed by atoms with Crippen molar-refractivity contribution in [1.29, 1.82) is 0 Å². The zero-order valence-electron chi connectivity index (χ0n) is 13.5. The van der Waals surface area contributed by atoms with Gasteiger partial charge in [0, 0.05) is 26.2 Å². The Hall–Kier alpha value is -1.75. The number of piperidine rings is 1.